The summed E-state index contributed by atoms with van der Waals surface area (Å²) in [4.78, 5) is 32.9. The maximum atomic E-state index is 13.4. The van der Waals surface area contributed by atoms with Crippen molar-refractivity contribution in [2.75, 3.05) is 19.1 Å². The van der Waals surface area contributed by atoms with Crippen molar-refractivity contribution in [3.05, 3.63) is 88.5 Å². The largest absolute Gasteiger partial charge is 0.507 e. The van der Waals surface area contributed by atoms with Gasteiger partial charge < -0.3 is 14.6 Å². The van der Waals surface area contributed by atoms with Crippen LogP contribution in [-0.2, 0) is 9.59 Å². The standard InChI is InChI=1S/C28H24N2O5S/c1-15-5-7-17(8-6-15)24-23(25(31)18-9-12-21(35-4)16(2)13-18)26(32)27(33)30(24)28-29-20-11-10-19(34-3)14-22(20)36-28/h5-14,24,31H,1-4H3/b25-23+. The van der Waals surface area contributed by atoms with Gasteiger partial charge in [-0.2, -0.15) is 0 Å². The molecule has 1 aromatic heterocycles. The summed E-state index contributed by atoms with van der Waals surface area (Å²) in [6.07, 6.45) is 0. The van der Waals surface area contributed by atoms with Crippen LogP contribution in [0, 0.1) is 13.8 Å². The molecular weight excluding hydrogens is 476 g/mol. The van der Waals surface area contributed by atoms with Gasteiger partial charge in [0.1, 0.15) is 17.3 Å². The molecule has 2 heterocycles. The Labute approximate surface area is 212 Å². The molecule has 182 valence electrons. The fourth-order valence-electron chi connectivity index (χ4n) is 4.40. The van der Waals surface area contributed by atoms with Gasteiger partial charge in [-0.1, -0.05) is 41.2 Å². The lowest BCUT2D eigenvalue weighted by atomic mass is 9.94. The molecule has 1 atom stereocenters. The third kappa shape index (κ3) is 3.89. The lowest BCUT2D eigenvalue weighted by Crippen LogP contribution is -2.29. The molecule has 1 N–H and O–H groups in total. The molecule has 0 bridgehead atoms. The van der Waals surface area contributed by atoms with Crippen molar-refractivity contribution in [1.29, 1.82) is 0 Å². The van der Waals surface area contributed by atoms with Crippen molar-refractivity contribution in [2.24, 2.45) is 0 Å². The molecule has 1 unspecified atom stereocenters. The van der Waals surface area contributed by atoms with Gasteiger partial charge in [-0.3, -0.25) is 14.5 Å². The smallest absolute Gasteiger partial charge is 0.301 e. The van der Waals surface area contributed by atoms with Crippen molar-refractivity contribution in [2.45, 2.75) is 19.9 Å². The van der Waals surface area contributed by atoms with Crippen LogP contribution in [0.4, 0.5) is 5.13 Å². The molecule has 0 aliphatic carbocycles. The zero-order valence-electron chi connectivity index (χ0n) is 20.2. The molecule has 1 fully saturated rings. The van der Waals surface area contributed by atoms with Gasteiger partial charge in [0, 0.05) is 5.56 Å². The summed E-state index contributed by atoms with van der Waals surface area (Å²) in [5, 5.41) is 11.7. The van der Waals surface area contributed by atoms with Gasteiger partial charge in [0.15, 0.2) is 5.13 Å². The first-order chi connectivity index (χ1) is 17.3. The normalized spacial score (nSPS) is 17.1. The predicted molar refractivity (Wildman–Crippen MR) is 140 cm³/mol. The fraction of sp³-hybridized carbons (Fsp3) is 0.179. The van der Waals surface area contributed by atoms with Crippen LogP contribution >= 0.6 is 11.3 Å². The molecule has 3 aromatic carbocycles. The lowest BCUT2D eigenvalue weighted by Gasteiger charge is -2.23. The van der Waals surface area contributed by atoms with E-state index in [0.717, 1.165) is 15.8 Å². The number of aliphatic hydroxyl groups excluding tert-OH is 1. The molecule has 1 amide bonds. The molecule has 5 rings (SSSR count). The van der Waals surface area contributed by atoms with E-state index in [9.17, 15) is 14.7 Å². The van der Waals surface area contributed by atoms with E-state index in [1.54, 1.807) is 38.5 Å². The van der Waals surface area contributed by atoms with E-state index in [4.69, 9.17) is 9.47 Å². The molecular formula is C28H24N2O5S. The Balaban J connectivity index is 1.71. The maximum Gasteiger partial charge on any atom is 0.301 e. The van der Waals surface area contributed by atoms with Gasteiger partial charge in [0.2, 0.25) is 0 Å². The Morgan fingerprint density at radius 2 is 1.72 bits per heavy atom. The molecule has 0 spiro atoms. The van der Waals surface area contributed by atoms with Gasteiger partial charge in [0.25, 0.3) is 5.78 Å². The van der Waals surface area contributed by atoms with Crippen LogP contribution in [0.1, 0.15) is 28.3 Å². The third-order valence-electron chi connectivity index (χ3n) is 6.30. The van der Waals surface area contributed by atoms with Gasteiger partial charge in [-0.05, 0) is 61.4 Å². The van der Waals surface area contributed by atoms with E-state index < -0.39 is 17.7 Å². The first-order valence-corrected chi connectivity index (χ1v) is 12.1. The average molecular weight is 501 g/mol. The second kappa shape index (κ2) is 9.13. The quantitative estimate of drug-likeness (QED) is 0.219. The third-order valence-corrected chi connectivity index (χ3v) is 7.31. The van der Waals surface area contributed by atoms with Crippen molar-refractivity contribution in [3.8, 4) is 11.5 Å². The number of ketones is 1. The number of aryl methyl sites for hydroxylation is 2. The summed E-state index contributed by atoms with van der Waals surface area (Å²) in [6, 6.07) is 17.3. The predicted octanol–water partition coefficient (Wildman–Crippen LogP) is 5.56. The number of hydrogen-bond acceptors (Lipinski definition) is 7. The van der Waals surface area contributed by atoms with E-state index in [0.29, 0.717) is 33.3 Å². The lowest BCUT2D eigenvalue weighted by molar-refractivity contribution is -0.132. The number of carbonyl (C=O) groups excluding carboxylic acids is 2. The monoisotopic (exact) mass is 500 g/mol. The van der Waals surface area contributed by atoms with E-state index in [1.807, 2.05) is 50.2 Å². The second-order valence-corrected chi connectivity index (χ2v) is 9.60. The van der Waals surface area contributed by atoms with Crippen molar-refractivity contribution in [1.82, 2.24) is 4.98 Å². The number of fused-ring (bicyclic) bond motifs is 1. The van der Waals surface area contributed by atoms with Crippen LogP contribution in [0.15, 0.2) is 66.2 Å². The Bertz CT molecular complexity index is 1540. The number of thiazole rings is 1. The second-order valence-electron chi connectivity index (χ2n) is 8.59. The van der Waals surface area contributed by atoms with Gasteiger partial charge in [-0.25, -0.2) is 4.98 Å². The SMILES string of the molecule is COc1ccc2nc(N3C(=O)C(=O)/C(=C(/O)c4ccc(OC)c(C)c4)C3c3ccc(C)cc3)sc2c1. The first kappa shape index (κ1) is 23.6. The number of aliphatic hydroxyl groups is 1. The summed E-state index contributed by atoms with van der Waals surface area (Å²) >= 11 is 1.29. The average Bonchev–Trinajstić information content (AvgIpc) is 3.41. The zero-order valence-corrected chi connectivity index (χ0v) is 21.1. The summed E-state index contributed by atoms with van der Waals surface area (Å²) < 4.78 is 11.5. The molecule has 0 radical (unpaired) electrons. The van der Waals surface area contributed by atoms with Crippen LogP contribution in [0.3, 0.4) is 0 Å². The summed E-state index contributed by atoms with van der Waals surface area (Å²) in [6.45, 7) is 3.81. The van der Waals surface area contributed by atoms with Crippen molar-refractivity contribution >= 4 is 44.1 Å². The number of rotatable bonds is 5. The van der Waals surface area contributed by atoms with Crippen LogP contribution in [0.25, 0.3) is 16.0 Å². The molecule has 36 heavy (non-hydrogen) atoms. The zero-order chi connectivity index (χ0) is 25.6. The highest BCUT2D eigenvalue weighted by atomic mass is 32.1. The van der Waals surface area contributed by atoms with Gasteiger partial charge in [-0.15, -0.1) is 0 Å². The van der Waals surface area contributed by atoms with Crippen LogP contribution < -0.4 is 14.4 Å². The fourth-order valence-corrected chi connectivity index (χ4v) is 5.42. The van der Waals surface area contributed by atoms with Crippen LogP contribution in [-0.4, -0.2) is 36.0 Å². The Morgan fingerprint density at radius 3 is 2.39 bits per heavy atom. The molecule has 0 saturated carbocycles. The first-order valence-electron chi connectivity index (χ1n) is 11.3. The molecule has 1 aliphatic rings. The summed E-state index contributed by atoms with van der Waals surface area (Å²) in [5.41, 5.74) is 3.66. The topological polar surface area (TPSA) is 89.0 Å². The van der Waals surface area contributed by atoms with Crippen molar-refractivity contribution < 1.29 is 24.2 Å². The Kier molecular flexibility index (Phi) is 5.97. The molecule has 4 aromatic rings. The number of nitrogens with zero attached hydrogens (tertiary/aromatic N) is 2. The number of Topliss-reactive ketones (excluding diaryl/α,β-unsaturated/α-hetero) is 1. The Hall–Kier alpha value is -4.17. The highest BCUT2D eigenvalue weighted by Gasteiger charge is 2.48. The number of amides is 1. The van der Waals surface area contributed by atoms with E-state index in [1.165, 1.54) is 16.2 Å². The summed E-state index contributed by atoms with van der Waals surface area (Å²) in [5.74, 6) is -0.409. The number of hydrogen-bond donors (Lipinski definition) is 1. The van der Waals surface area contributed by atoms with Gasteiger partial charge >= 0.3 is 5.91 Å². The number of benzene rings is 3. The van der Waals surface area contributed by atoms with Crippen molar-refractivity contribution in [3.63, 3.8) is 0 Å². The van der Waals surface area contributed by atoms with E-state index in [-0.39, 0.29) is 11.3 Å². The van der Waals surface area contributed by atoms with Crippen LogP contribution in [0.2, 0.25) is 0 Å². The molecule has 1 aliphatic heterocycles. The highest BCUT2D eigenvalue weighted by Crippen LogP contribution is 2.44. The summed E-state index contributed by atoms with van der Waals surface area (Å²) in [7, 11) is 3.15. The maximum absolute atomic E-state index is 13.4. The number of ether oxygens (including phenoxy) is 2. The van der Waals surface area contributed by atoms with Crippen LogP contribution in [0.5, 0.6) is 11.5 Å². The van der Waals surface area contributed by atoms with E-state index in [2.05, 4.69) is 4.98 Å². The number of aromatic nitrogens is 1. The highest BCUT2D eigenvalue weighted by molar-refractivity contribution is 7.22. The Morgan fingerprint density at radius 1 is 0.972 bits per heavy atom. The van der Waals surface area contributed by atoms with Gasteiger partial charge in [0.05, 0.1) is 36.1 Å². The molecule has 1 saturated heterocycles. The minimum Gasteiger partial charge on any atom is -0.507 e. The molecule has 7 nitrogen and oxygen atoms in total. The minimum absolute atomic E-state index is 0.0188. The number of methoxy groups -OCH3 is 2. The van der Waals surface area contributed by atoms with E-state index >= 15 is 0 Å². The minimum atomic E-state index is -0.838. The number of carbonyl (C=O) groups is 2. The molecule has 8 heteroatoms. The number of anilines is 1.